The Bertz CT molecular complexity index is 690. The molecular weight excluding hydrogens is 294 g/mol. The second-order valence-corrected chi connectivity index (χ2v) is 5.60. The quantitative estimate of drug-likeness (QED) is 0.653. The Hall–Kier alpha value is -2.22. The Balaban J connectivity index is 2.39. The number of aromatic carboxylic acids is 1. The molecule has 0 spiro atoms. The number of thiophene rings is 1. The van der Waals surface area contributed by atoms with Crippen LogP contribution in [0.2, 0.25) is 0 Å². The fourth-order valence-corrected chi connectivity index (χ4v) is 3.03. The monoisotopic (exact) mass is 309 g/mol. The molecule has 0 aromatic carbocycles. The van der Waals surface area contributed by atoms with Crippen molar-refractivity contribution >= 4 is 23.0 Å². The fraction of sp³-hybridized carbons (Fsp3) is 0.385. The molecule has 2 aromatic rings. The van der Waals surface area contributed by atoms with Gasteiger partial charge in [-0.2, -0.15) is 5.10 Å². The van der Waals surface area contributed by atoms with Gasteiger partial charge in [0, 0.05) is 4.88 Å². The van der Waals surface area contributed by atoms with E-state index in [-0.39, 0.29) is 10.6 Å². The molecule has 112 valence electrons. The third-order valence-electron chi connectivity index (χ3n) is 3.13. The minimum absolute atomic E-state index is 0.0787. The van der Waals surface area contributed by atoms with Gasteiger partial charge in [0.2, 0.25) is 0 Å². The van der Waals surface area contributed by atoms with E-state index in [1.807, 2.05) is 13.8 Å². The number of nitrogens with zero attached hydrogens (tertiary/aromatic N) is 3. The molecule has 0 aliphatic carbocycles. The Kier molecular flexibility index (Phi) is 4.37. The van der Waals surface area contributed by atoms with E-state index in [9.17, 15) is 14.9 Å². The van der Waals surface area contributed by atoms with Crippen LogP contribution in [0.25, 0.3) is 0 Å². The minimum atomic E-state index is -0.970. The lowest BCUT2D eigenvalue weighted by Crippen LogP contribution is -2.05. The standard InChI is InChI=1S/C13H15N3O4S/c1-3-9-12(16(19)20)10(4-2)15(14-9)7-8-5-6-11(21-8)13(17)18/h5-6H,3-4,7H2,1-2H3,(H,17,18). The van der Waals surface area contributed by atoms with Gasteiger partial charge < -0.3 is 5.11 Å². The molecule has 2 rings (SSSR count). The van der Waals surface area contributed by atoms with Crippen molar-refractivity contribution in [3.05, 3.63) is 43.4 Å². The summed E-state index contributed by atoms with van der Waals surface area (Å²) >= 11 is 1.16. The van der Waals surface area contributed by atoms with Gasteiger partial charge in [-0.05, 0) is 25.0 Å². The van der Waals surface area contributed by atoms with Gasteiger partial charge in [0.15, 0.2) is 0 Å². The highest BCUT2D eigenvalue weighted by Gasteiger charge is 2.25. The van der Waals surface area contributed by atoms with Gasteiger partial charge in [0.1, 0.15) is 16.3 Å². The fourth-order valence-electron chi connectivity index (χ4n) is 2.20. The van der Waals surface area contributed by atoms with Crippen molar-refractivity contribution in [3.63, 3.8) is 0 Å². The largest absolute Gasteiger partial charge is 0.477 e. The summed E-state index contributed by atoms with van der Waals surface area (Å²) in [5, 5.41) is 24.4. The van der Waals surface area contributed by atoms with E-state index in [2.05, 4.69) is 5.10 Å². The van der Waals surface area contributed by atoms with Gasteiger partial charge in [0.25, 0.3) is 0 Å². The highest BCUT2D eigenvalue weighted by atomic mass is 32.1. The number of carboxylic acids is 1. The maximum Gasteiger partial charge on any atom is 0.345 e. The Labute approximate surface area is 125 Å². The number of aryl methyl sites for hydroxylation is 1. The molecule has 0 amide bonds. The van der Waals surface area contributed by atoms with Gasteiger partial charge in [0.05, 0.1) is 11.5 Å². The third-order valence-corrected chi connectivity index (χ3v) is 4.19. The summed E-state index contributed by atoms with van der Waals surface area (Å²) in [6.07, 6.45) is 0.988. The predicted molar refractivity (Wildman–Crippen MR) is 78.0 cm³/mol. The summed E-state index contributed by atoms with van der Waals surface area (Å²) < 4.78 is 1.61. The maximum absolute atomic E-state index is 11.2. The SMILES string of the molecule is CCc1nn(Cc2ccc(C(=O)O)s2)c(CC)c1[N+](=O)[O-]. The third kappa shape index (κ3) is 2.94. The van der Waals surface area contributed by atoms with E-state index in [0.29, 0.717) is 30.8 Å². The lowest BCUT2D eigenvalue weighted by molar-refractivity contribution is -0.386. The molecule has 0 radical (unpaired) electrons. The summed E-state index contributed by atoms with van der Waals surface area (Å²) in [5.74, 6) is -0.970. The van der Waals surface area contributed by atoms with Crippen LogP contribution in [0.1, 0.15) is 39.8 Å². The highest BCUT2D eigenvalue weighted by Crippen LogP contribution is 2.26. The van der Waals surface area contributed by atoms with Crippen molar-refractivity contribution in [2.24, 2.45) is 0 Å². The maximum atomic E-state index is 11.2. The molecule has 1 N–H and O–H groups in total. The normalized spacial score (nSPS) is 10.8. The van der Waals surface area contributed by atoms with Crippen molar-refractivity contribution in [3.8, 4) is 0 Å². The zero-order valence-electron chi connectivity index (χ0n) is 11.7. The Morgan fingerprint density at radius 1 is 1.43 bits per heavy atom. The van der Waals surface area contributed by atoms with Gasteiger partial charge in [-0.15, -0.1) is 11.3 Å². The van der Waals surface area contributed by atoms with E-state index in [0.717, 1.165) is 16.2 Å². The number of carbonyl (C=O) groups is 1. The second-order valence-electron chi connectivity index (χ2n) is 4.43. The highest BCUT2D eigenvalue weighted by molar-refractivity contribution is 7.13. The van der Waals surface area contributed by atoms with Crippen molar-refractivity contribution < 1.29 is 14.8 Å². The minimum Gasteiger partial charge on any atom is -0.477 e. The van der Waals surface area contributed by atoms with Crippen LogP contribution in [0, 0.1) is 10.1 Å². The molecule has 2 aromatic heterocycles. The van der Waals surface area contributed by atoms with Gasteiger partial charge in [-0.3, -0.25) is 14.8 Å². The summed E-state index contributed by atoms with van der Waals surface area (Å²) in [7, 11) is 0. The summed E-state index contributed by atoms with van der Waals surface area (Å²) in [5.41, 5.74) is 1.11. The smallest absolute Gasteiger partial charge is 0.345 e. The first kappa shape index (κ1) is 15.2. The van der Waals surface area contributed by atoms with Crippen LogP contribution >= 0.6 is 11.3 Å². The number of hydrogen-bond acceptors (Lipinski definition) is 5. The van der Waals surface area contributed by atoms with Gasteiger partial charge >= 0.3 is 11.7 Å². The molecule has 0 bridgehead atoms. The van der Waals surface area contributed by atoms with Crippen LogP contribution in [0.4, 0.5) is 5.69 Å². The summed E-state index contributed by atoms with van der Waals surface area (Å²) in [6, 6.07) is 3.25. The second kappa shape index (κ2) is 6.04. The zero-order chi connectivity index (χ0) is 15.6. The number of aromatic nitrogens is 2. The molecular formula is C13H15N3O4S. The van der Waals surface area contributed by atoms with Crippen molar-refractivity contribution in [2.75, 3.05) is 0 Å². The molecule has 8 heteroatoms. The van der Waals surface area contributed by atoms with E-state index >= 15 is 0 Å². The van der Waals surface area contributed by atoms with Crippen molar-refractivity contribution in [2.45, 2.75) is 33.2 Å². The van der Waals surface area contributed by atoms with Crippen molar-refractivity contribution in [1.29, 1.82) is 0 Å². The molecule has 0 atom stereocenters. The Morgan fingerprint density at radius 3 is 2.62 bits per heavy atom. The van der Waals surface area contributed by atoms with E-state index in [4.69, 9.17) is 5.11 Å². The van der Waals surface area contributed by atoms with Crippen molar-refractivity contribution in [1.82, 2.24) is 9.78 Å². The lowest BCUT2D eigenvalue weighted by Gasteiger charge is -2.02. The first-order valence-electron chi connectivity index (χ1n) is 6.52. The molecule has 0 aliphatic rings. The van der Waals surface area contributed by atoms with E-state index in [1.165, 1.54) is 6.07 Å². The molecule has 0 unspecified atom stereocenters. The lowest BCUT2D eigenvalue weighted by atomic mass is 10.2. The Morgan fingerprint density at radius 2 is 2.14 bits per heavy atom. The van der Waals surface area contributed by atoms with Crippen LogP contribution in [-0.4, -0.2) is 25.8 Å². The number of hydrogen-bond donors (Lipinski definition) is 1. The zero-order valence-corrected chi connectivity index (χ0v) is 12.5. The van der Waals surface area contributed by atoms with Crippen LogP contribution in [0.5, 0.6) is 0 Å². The van der Waals surface area contributed by atoms with Gasteiger partial charge in [-0.25, -0.2) is 4.79 Å². The molecule has 7 nitrogen and oxygen atoms in total. The molecule has 0 aliphatic heterocycles. The molecule has 21 heavy (non-hydrogen) atoms. The molecule has 0 fully saturated rings. The van der Waals surface area contributed by atoms with Crippen LogP contribution in [0.15, 0.2) is 12.1 Å². The average Bonchev–Trinajstić information content (AvgIpc) is 3.03. The summed E-state index contributed by atoms with van der Waals surface area (Å²) in [4.78, 5) is 22.7. The summed E-state index contributed by atoms with van der Waals surface area (Å²) in [6.45, 7) is 4.02. The number of carboxylic acid groups (broad SMARTS) is 1. The first-order valence-corrected chi connectivity index (χ1v) is 7.34. The molecule has 0 saturated carbocycles. The van der Waals surface area contributed by atoms with E-state index < -0.39 is 10.9 Å². The number of rotatable bonds is 6. The predicted octanol–water partition coefficient (Wildman–Crippen LogP) is 2.72. The van der Waals surface area contributed by atoms with E-state index in [1.54, 1.807) is 10.7 Å². The van der Waals surface area contributed by atoms with Crippen LogP contribution in [0.3, 0.4) is 0 Å². The van der Waals surface area contributed by atoms with Crippen LogP contribution < -0.4 is 0 Å². The molecule has 2 heterocycles. The van der Waals surface area contributed by atoms with Gasteiger partial charge in [-0.1, -0.05) is 13.8 Å². The average molecular weight is 309 g/mol. The van der Waals surface area contributed by atoms with Crippen LogP contribution in [-0.2, 0) is 19.4 Å². The number of nitro groups is 1. The first-order chi connectivity index (χ1) is 9.97. The topological polar surface area (TPSA) is 98.3 Å². The molecule has 0 saturated heterocycles.